The van der Waals surface area contributed by atoms with Crippen LogP contribution >= 0.6 is 11.3 Å². The van der Waals surface area contributed by atoms with Gasteiger partial charge in [-0.3, -0.25) is 10.1 Å². The molecule has 0 aliphatic heterocycles. The maximum Gasteiger partial charge on any atom is 0.138 e. The first kappa shape index (κ1) is 24.5. The molecule has 38 heavy (non-hydrogen) atoms. The van der Waals surface area contributed by atoms with Crippen LogP contribution in [0.2, 0.25) is 0 Å². The number of fused-ring (bicyclic) bond motifs is 1. The summed E-state index contributed by atoms with van der Waals surface area (Å²) in [6.45, 7) is 8.31. The second kappa shape index (κ2) is 10.9. The first-order valence-electron chi connectivity index (χ1n) is 13.3. The minimum absolute atomic E-state index is 0.818. The number of pyridine rings is 2. The number of aromatic nitrogens is 5. The molecular weight excluding hydrogens is 488 g/mol. The molecule has 0 saturated heterocycles. The largest absolute Gasteiger partial charge is 0.338 e. The third kappa shape index (κ3) is 4.99. The molecule has 5 aromatic heterocycles. The topological polar surface area (TPSA) is 82.3 Å². The van der Waals surface area contributed by atoms with Gasteiger partial charge in [-0.15, -0.1) is 11.3 Å². The maximum atomic E-state index is 4.68. The average molecular weight is 521 g/mol. The van der Waals surface area contributed by atoms with Gasteiger partial charge in [0, 0.05) is 46.2 Å². The molecule has 3 N–H and O–H groups in total. The number of hydrogen-bond acceptors (Lipinski definition) is 5. The van der Waals surface area contributed by atoms with Crippen molar-refractivity contribution in [3.05, 3.63) is 82.6 Å². The lowest BCUT2D eigenvalue weighted by atomic mass is 10.0. The van der Waals surface area contributed by atoms with Crippen LogP contribution in [0.3, 0.4) is 0 Å². The summed E-state index contributed by atoms with van der Waals surface area (Å²) in [6.07, 6.45) is 15.3. The Balaban J connectivity index is 1.31. The van der Waals surface area contributed by atoms with Crippen LogP contribution in [0, 0.1) is 5.92 Å². The molecule has 5 heterocycles. The minimum atomic E-state index is 0.818. The molecule has 1 fully saturated rings. The van der Waals surface area contributed by atoms with Crippen LogP contribution in [0.4, 0.5) is 0 Å². The first-order chi connectivity index (χ1) is 18.7. The lowest BCUT2D eigenvalue weighted by molar-refractivity contribution is 0.489. The van der Waals surface area contributed by atoms with Gasteiger partial charge in [0.05, 0.1) is 11.0 Å². The fraction of sp³-hybridized carbons (Fsp3) is 0.258. The van der Waals surface area contributed by atoms with Crippen LogP contribution in [0.1, 0.15) is 43.7 Å². The number of allylic oxidation sites excluding steroid dienone is 1. The monoisotopic (exact) mass is 520 g/mol. The summed E-state index contributed by atoms with van der Waals surface area (Å²) >= 11 is 1.73. The fourth-order valence-electron chi connectivity index (χ4n) is 5.39. The van der Waals surface area contributed by atoms with E-state index in [1.165, 1.54) is 41.7 Å². The number of nitrogens with one attached hydrogen (secondary N) is 3. The molecule has 7 heteroatoms. The molecular formula is C31H32N6S. The van der Waals surface area contributed by atoms with E-state index >= 15 is 0 Å². The van der Waals surface area contributed by atoms with Gasteiger partial charge in [-0.1, -0.05) is 31.6 Å². The number of hydrogen-bond donors (Lipinski definition) is 3. The SMILES string of the molecule is C=C(/C=c1/c(-c2cc3c(-c4cccs4)ccnc3[nH]2)n[nH]/c1=C/C)c1cncc(CNCC2CCCC2)c1. The van der Waals surface area contributed by atoms with Crippen LogP contribution in [0.25, 0.3) is 50.6 Å². The third-order valence-electron chi connectivity index (χ3n) is 7.42. The highest BCUT2D eigenvalue weighted by Gasteiger charge is 2.15. The summed E-state index contributed by atoms with van der Waals surface area (Å²) in [5.74, 6) is 0.818. The summed E-state index contributed by atoms with van der Waals surface area (Å²) in [5.41, 5.74) is 6.87. The van der Waals surface area contributed by atoms with Gasteiger partial charge < -0.3 is 10.3 Å². The summed E-state index contributed by atoms with van der Waals surface area (Å²) in [4.78, 5) is 13.8. The van der Waals surface area contributed by atoms with Crippen LogP contribution in [0.5, 0.6) is 0 Å². The highest BCUT2D eigenvalue weighted by atomic mass is 32.1. The molecule has 5 aromatic rings. The normalized spacial score (nSPS) is 15.2. The second-order valence-corrected chi connectivity index (χ2v) is 10.9. The molecule has 1 aliphatic carbocycles. The highest BCUT2D eigenvalue weighted by molar-refractivity contribution is 7.13. The van der Waals surface area contributed by atoms with E-state index < -0.39 is 0 Å². The zero-order valence-corrected chi connectivity index (χ0v) is 22.4. The van der Waals surface area contributed by atoms with E-state index in [0.29, 0.717) is 0 Å². The number of rotatable bonds is 8. The van der Waals surface area contributed by atoms with Gasteiger partial charge in [0.1, 0.15) is 11.3 Å². The summed E-state index contributed by atoms with van der Waals surface area (Å²) in [7, 11) is 0. The van der Waals surface area contributed by atoms with Gasteiger partial charge in [-0.25, -0.2) is 4.98 Å². The first-order valence-corrected chi connectivity index (χ1v) is 14.2. The Hall–Kier alpha value is -3.81. The Morgan fingerprint density at radius 2 is 2.11 bits per heavy atom. The lowest BCUT2D eigenvalue weighted by Gasteiger charge is -2.11. The van der Waals surface area contributed by atoms with Gasteiger partial charge in [-0.2, -0.15) is 5.10 Å². The molecule has 0 amide bonds. The van der Waals surface area contributed by atoms with E-state index in [1.807, 2.05) is 31.6 Å². The van der Waals surface area contributed by atoms with E-state index in [9.17, 15) is 0 Å². The van der Waals surface area contributed by atoms with Crippen molar-refractivity contribution in [1.29, 1.82) is 0 Å². The highest BCUT2D eigenvalue weighted by Crippen LogP contribution is 2.32. The Morgan fingerprint density at radius 1 is 1.21 bits per heavy atom. The van der Waals surface area contributed by atoms with Crippen LogP contribution in [-0.4, -0.2) is 31.7 Å². The number of H-pyrrole nitrogens is 2. The minimum Gasteiger partial charge on any atom is -0.338 e. The van der Waals surface area contributed by atoms with Crippen molar-refractivity contribution in [2.24, 2.45) is 5.92 Å². The molecule has 0 bridgehead atoms. The van der Waals surface area contributed by atoms with Crippen molar-refractivity contribution in [1.82, 2.24) is 30.5 Å². The molecule has 0 aromatic carbocycles. The van der Waals surface area contributed by atoms with Gasteiger partial charge in [0.2, 0.25) is 0 Å². The predicted octanol–water partition coefficient (Wildman–Crippen LogP) is 5.65. The van der Waals surface area contributed by atoms with Crippen LogP contribution < -0.4 is 15.9 Å². The molecule has 6 nitrogen and oxygen atoms in total. The lowest BCUT2D eigenvalue weighted by Crippen LogP contribution is -2.23. The van der Waals surface area contributed by atoms with Crippen LogP contribution in [0.15, 0.2) is 60.9 Å². The quantitative estimate of drug-likeness (QED) is 0.247. The smallest absolute Gasteiger partial charge is 0.138 e. The summed E-state index contributed by atoms with van der Waals surface area (Å²) in [5, 5.41) is 16.6. The third-order valence-corrected chi connectivity index (χ3v) is 8.32. The van der Waals surface area contributed by atoms with E-state index in [4.69, 9.17) is 0 Å². The van der Waals surface area contributed by atoms with E-state index in [2.05, 4.69) is 78.8 Å². The van der Waals surface area contributed by atoms with Gasteiger partial charge in [0.15, 0.2) is 0 Å². The Morgan fingerprint density at radius 3 is 2.92 bits per heavy atom. The molecule has 1 saturated carbocycles. The molecule has 1 aliphatic rings. The van der Waals surface area contributed by atoms with Crippen molar-refractivity contribution in [2.45, 2.75) is 39.2 Å². The van der Waals surface area contributed by atoms with E-state index in [-0.39, 0.29) is 0 Å². The number of aromatic amines is 2. The standard InChI is InChI=1S/C31H32N6S/c1-3-27-26(13-20(2)23-14-22(18-33-19-23)17-32-16-21-7-4-5-8-21)30(37-36-27)28-15-25-24(29-9-6-12-38-29)10-11-34-31(25)35-28/h3,6,9-15,18-19,21,32,36H,2,4-5,7-8,16-17H2,1H3,(H,34,35)/b26-13+,27-3+. The Kier molecular flexibility index (Phi) is 7.03. The van der Waals surface area contributed by atoms with Gasteiger partial charge in [0.25, 0.3) is 0 Å². The van der Waals surface area contributed by atoms with E-state index in [1.54, 1.807) is 11.3 Å². The van der Waals surface area contributed by atoms with E-state index in [0.717, 1.165) is 63.1 Å². The number of nitrogens with zero attached hydrogens (tertiary/aromatic N) is 3. The average Bonchev–Trinajstić information content (AvgIpc) is 3.75. The Labute approximate surface area is 226 Å². The van der Waals surface area contributed by atoms with Crippen molar-refractivity contribution >= 4 is 40.1 Å². The van der Waals surface area contributed by atoms with Crippen molar-refractivity contribution in [3.8, 4) is 21.8 Å². The predicted molar refractivity (Wildman–Crippen MR) is 158 cm³/mol. The van der Waals surface area contributed by atoms with Gasteiger partial charge in [-0.05, 0) is 84.6 Å². The molecule has 0 unspecified atom stereocenters. The zero-order chi connectivity index (χ0) is 25.9. The van der Waals surface area contributed by atoms with Crippen LogP contribution in [-0.2, 0) is 6.54 Å². The van der Waals surface area contributed by atoms with Crippen molar-refractivity contribution < 1.29 is 0 Å². The van der Waals surface area contributed by atoms with Crippen molar-refractivity contribution in [2.75, 3.05) is 6.54 Å². The van der Waals surface area contributed by atoms with Gasteiger partial charge >= 0.3 is 0 Å². The summed E-state index contributed by atoms with van der Waals surface area (Å²) in [6, 6.07) is 10.6. The maximum absolute atomic E-state index is 4.68. The fourth-order valence-corrected chi connectivity index (χ4v) is 6.16. The second-order valence-electron chi connectivity index (χ2n) is 10.0. The molecule has 0 radical (unpaired) electrons. The molecule has 0 atom stereocenters. The molecule has 0 spiro atoms. The molecule has 192 valence electrons. The Bertz CT molecular complexity index is 1690. The van der Waals surface area contributed by atoms with Crippen molar-refractivity contribution in [3.63, 3.8) is 0 Å². The zero-order valence-electron chi connectivity index (χ0n) is 21.6. The molecule has 6 rings (SSSR count). The summed E-state index contributed by atoms with van der Waals surface area (Å²) < 4.78 is 0. The number of thiophene rings is 1.